The maximum atomic E-state index is 12.8. The van der Waals surface area contributed by atoms with E-state index in [9.17, 15) is 9.90 Å². The van der Waals surface area contributed by atoms with E-state index in [0.717, 1.165) is 0 Å². The predicted octanol–water partition coefficient (Wildman–Crippen LogP) is 3.26. The minimum Gasteiger partial charge on any atom is -0.438 e. The van der Waals surface area contributed by atoms with Gasteiger partial charge in [0.25, 0.3) is 5.91 Å². The van der Waals surface area contributed by atoms with Gasteiger partial charge in [0.2, 0.25) is 5.88 Å². The molecule has 7 nitrogen and oxygen atoms in total. The fourth-order valence-corrected chi connectivity index (χ4v) is 3.09. The van der Waals surface area contributed by atoms with Crippen LogP contribution in [0.25, 0.3) is 11.3 Å². The lowest BCUT2D eigenvalue weighted by Gasteiger charge is -2.14. The van der Waals surface area contributed by atoms with E-state index in [1.165, 1.54) is 18.4 Å². The molecule has 2 aromatic heterocycles. The van der Waals surface area contributed by atoms with Crippen LogP contribution in [-0.2, 0) is 7.05 Å². The number of aromatic nitrogens is 3. The normalized spacial score (nSPS) is 14.4. The molecule has 0 bridgehead atoms. The summed E-state index contributed by atoms with van der Waals surface area (Å²) < 4.78 is 7.63. The number of hydrogen-bond donors (Lipinski definition) is 2. The van der Waals surface area contributed by atoms with Crippen molar-refractivity contribution >= 4 is 5.91 Å². The Hall–Kier alpha value is -3.19. The van der Waals surface area contributed by atoms with Crippen molar-refractivity contribution in [2.45, 2.75) is 31.7 Å². The maximum absolute atomic E-state index is 12.8. The Kier molecular flexibility index (Phi) is 5.31. The third kappa shape index (κ3) is 4.46. The highest BCUT2D eigenvalue weighted by molar-refractivity contribution is 5.97. The summed E-state index contributed by atoms with van der Waals surface area (Å²) in [6.07, 6.45) is 5.95. The van der Waals surface area contributed by atoms with E-state index in [4.69, 9.17) is 4.74 Å². The molecule has 0 radical (unpaired) electrons. The van der Waals surface area contributed by atoms with Gasteiger partial charge in [0.15, 0.2) is 0 Å². The molecule has 1 fully saturated rings. The van der Waals surface area contributed by atoms with Crippen molar-refractivity contribution in [1.82, 2.24) is 20.1 Å². The Morgan fingerprint density at radius 1 is 1.31 bits per heavy atom. The highest BCUT2D eigenvalue weighted by Gasteiger charge is 2.23. The van der Waals surface area contributed by atoms with E-state index >= 15 is 0 Å². The molecule has 3 aromatic rings. The lowest BCUT2D eigenvalue weighted by molar-refractivity contribution is 0.0919. The molecule has 1 aliphatic carbocycles. The van der Waals surface area contributed by atoms with Gasteiger partial charge in [-0.1, -0.05) is 12.1 Å². The van der Waals surface area contributed by atoms with Crippen molar-refractivity contribution in [3.05, 3.63) is 59.9 Å². The van der Waals surface area contributed by atoms with Crippen LogP contribution in [0.15, 0.2) is 48.8 Å². The molecule has 0 spiro atoms. The maximum Gasteiger partial charge on any atom is 0.257 e. The number of benzene rings is 1. The van der Waals surface area contributed by atoms with Gasteiger partial charge in [0, 0.05) is 31.0 Å². The van der Waals surface area contributed by atoms with Gasteiger partial charge in [0.05, 0.1) is 12.3 Å². The van der Waals surface area contributed by atoms with Crippen LogP contribution in [0.1, 0.15) is 41.6 Å². The van der Waals surface area contributed by atoms with Crippen molar-refractivity contribution in [1.29, 1.82) is 0 Å². The second-order valence-corrected chi connectivity index (χ2v) is 7.45. The number of pyridine rings is 1. The lowest BCUT2D eigenvalue weighted by atomic mass is 10.1. The van der Waals surface area contributed by atoms with Crippen LogP contribution in [0.4, 0.5) is 0 Å². The average molecular weight is 392 g/mol. The summed E-state index contributed by atoms with van der Waals surface area (Å²) in [5.41, 5.74) is 3.03. The van der Waals surface area contributed by atoms with Gasteiger partial charge >= 0.3 is 0 Å². The van der Waals surface area contributed by atoms with Crippen molar-refractivity contribution in [3.8, 4) is 22.9 Å². The molecule has 1 saturated carbocycles. The number of aryl methyl sites for hydroxylation is 1. The Labute approximate surface area is 169 Å². The van der Waals surface area contributed by atoms with E-state index in [0.29, 0.717) is 28.5 Å². The molecule has 1 aliphatic rings. The third-order valence-electron chi connectivity index (χ3n) is 4.90. The molecule has 4 rings (SSSR count). The molecule has 1 atom stereocenters. The second-order valence-electron chi connectivity index (χ2n) is 7.45. The topological polar surface area (TPSA) is 89.3 Å². The molecule has 7 heteroatoms. The number of ether oxygens (including phenoxy) is 1. The number of hydrogen-bond acceptors (Lipinski definition) is 5. The van der Waals surface area contributed by atoms with Gasteiger partial charge in [-0.25, -0.2) is 4.98 Å². The van der Waals surface area contributed by atoms with Crippen LogP contribution in [-0.4, -0.2) is 38.4 Å². The van der Waals surface area contributed by atoms with Gasteiger partial charge in [0.1, 0.15) is 11.3 Å². The number of carbonyl (C=O) groups is 1. The average Bonchev–Trinajstić information content (AvgIpc) is 3.49. The van der Waals surface area contributed by atoms with E-state index in [1.807, 2.05) is 31.4 Å². The first-order chi connectivity index (χ1) is 14.0. The van der Waals surface area contributed by atoms with Gasteiger partial charge in [-0.2, -0.15) is 5.10 Å². The zero-order valence-corrected chi connectivity index (χ0v) is 16.5. The van der Waals surface area contributed by atoms with Gasteiger partial charge in [-0.05, 0) is 55.5 Å². The zero-order chi connectivity index (χ0) is 20.4. The minimum atomic E-state index is -0.383. The van der Waals surface area contributed by atoms with Gasteiger partial charge in [-0.3, -0.25) is 9.48 Å². The van der Waals surface area contributed by atoms with E-state index < -0.39 is 0 Å². The van der Waals surface area contributed by atoms with Crippen LogP contribution in [0.2, 0.25) is 0 Å². The molecule has 0 saturated heterocycles. The first-order valence-electron chi connectivity index (χ1n) is 9.73. The monoisotopic (exact) mass is 392 g/mol. The minimum absolute atomic E-state index is 0.155. The van der Waals surface area contributed by atoms with Crippen molar-refractivity contribution in [2.75, 3.05) is 6.61 Å². The Morgan fingerprint density at radius 2 is 2.07 bits per heavy atom. The molecule has 1 amide bonds. The summed E-state index contributed by atoms with van der Waals surface area (Å²) in [5, 5.41) is 16.4. The number of amides is 1. The molecule has 2 N–H and O–H groups in total. The molecular weight excluding hydrogens is 368 g/mol. The van der Waals surface area contributed by atoms with Gasteiger partial charge < -0.3 is 15.2 Å². The second kappa shape index (κ2) is 8.05. The zero-order valence-electron chi connectivity index (χ0n) is 16.5. The number of nitrogens with zero attached hydrogens (tertiary/aromatic N) is 3. The molecule has 1 aromatic carbocycles. The van der Waals surface area contributed by atoms with Crippen LogP contribution < -0.4 is 10.1 Å². The summed E-state index contributed by atoms with van der Waals surface area (Å²) in [5.74, 6) is 1.14. The number of carbonyl (C=O) groups excluding carboxylic acids is 1. The third-order valence-corrected chi connectivity index (χ3v) is 4.90. The van der Waals surface area contributed by atoms with E-state index in [1.54, 1.807) is 23.9 Å². The van der Waals surface area contributed by atoms with E-state index in [2.05, 4.69) is 27.5 Å². The Morgan fingerprint density at radius 3 is 2.69 bits per heavy atom. The smallest absolute Gasteiger partial charge is 0.257 e. The largest absolute Gasteiger partial charge is 0.438 e. The van der Waals surface area contributed by atoms with Gasteiger partial charge in [-0.15, -0.1) is 0 Å². The molecule has 0 aliphatic heterocycles. The summed E-state index contributed by atoms with van der Waals surface area (Å²) in [6.45, 7) is 1.57. The van der Waals surface area contributed by atoms with Crippen molar-refractivity contribution in [2.24, 2.45) is 7.05 Å². The number of rotatable bonds is 7. The summed E-state index contributed by atoms with van der Waals surface area (Å²) >= 11 is 0. The van der Waals surface area contributed by atoms with Crippen molar-refractivity contribution < 1.29 is 14.6 Å². The summed E-state index contributed by atoms with van der Waals surface area (Å²) in [6, 6.07) is 11.1. The van der Waals surface area contributed by atoms with Crippen LogP contribution in [0.3, 0.4) is 0 Å². The molecule has 29 heavy (non-hydrogen) atoms. The van der Waals surface area contributed by atoms with Crippen LogP contribution in [0, 0.1) is 0 Å². The number of nitrogens with one attached hydrogen (secondary N) is 1. The number of aliphatic hydroxyl groups excluding tert-OH is 1. The standard InChI is InChI=1S/C22H24N4O3/c1-14(13-27)24-21(28)19-11-17(20-9-10-26(2)25-20)12-23-22(19)29-18-7-5-16(6-8-18)15-3-4-15/h5-12,14-15,27H,3-4,13H2,1-2H3,(H,24,28)/t14-/m1/s1. The summed E-state index contributed by atoms with van der Waals surface area (Å²) in [4.78, 5) is 17.2. The number of aliphatic hydroxyl groups is 1. The van der Waals surface area contributed by atoms with E-state index in [-0.39, 0.29) is 24.4 Å². The fourth-order valence-electron chi connectivity index (χ4n) is 3.09. The summed E-state index contributed by atoms with van der Waals surface area (Å²) in [7, 11) is 1.83. The van der Waals surface area contributed by atoms with Crippen LogP contribution >= 0.6 is 0 Å². The first kappa shape index (κ1) is 19.1. The first-order valence-corrected chi connectivity index (χ1v) is 9.73. The van der Waals surface area contributed by atoms with Crippen molar-refractivity contribution in [3.63, 3.8) is 0 Å². The SMILES string of the molecule is C[C@H](CO)NC(=O)c1cc(-c2ccn(C)n2)cnc1Oc1ccc(C2CC2)cc1. The quantitative estimate of drug-likeness (QED) is 0.644. The molecule has 2 heterocycles. The molecule has 0 unspecified atom stereocenters. The van der Waals surface area contributed by atoms with Crippen LogP contribution in [0.5, 0.6) is 11.6 Å². The Balaban J connectivity index is 1.64. The lowest BCUT2D eigenvalue weighted by Crippen LogP contribution is -2.35. The molecular formula is C22H24N4O3. The fraction of sp³-hybridized carbons (Fsp3) is 0.318. The predicted molar refractivity (Wildman–Crippen MR) is 109 cm³/mol. The highest BCUT2D eigenvalue weighted by atomic mass is 16.5. The Bertz CT molecular complexity index is 1010. The highest BCUT2D eigenvalue weighted by Crippen LogP contribution is 2.40. The molecule has 150 valence electrons.